The molecule has 1 unspecified atom stereocenters. The van der Waals surface area contributed by atoms with Gasteiger partial charge in [0, 0.05) is 11.6 Å². The van der Waals surface area contributed by atoms with E-state index in [-0.39, 0.29) is 22.3 Å². The van der Waals surface area contributed by atoms with Gasteiger partial charge in [0.1, 0.15) is 12.2 Å². The molecule has 4 rings (SSSR count). The summed E-state index contributed by atoms with van der Waals surface area (Å²) in [5.41, 5.74) is 1.21. The molecule has 0 radical (unpaired) electrons. The van der Waals surface area contributed by atoms with Crippen LogP contribution in [0.2, 0.25) is 10.3 Å². The number of nitrogens with zero attached hydrogens (tertiary/aromatic N) is 4. The predicted molar refractivity (Wildman–Crippen MR) is 127 cm³/mol. The number of aliphatic hydroxyl groups is 1. The van der Waals surface area contributed by atoms with Crippen LogP contribution < -0.4 is 5.32 Å². The number of alkyl halides is 1. The monoisotopic (exact) mass is 585 g/mol. The van der Waals surface area contributed by atoms with Crippen LogP contribution in [0.5, 0.6) is 0 Å². The van der Waals surface area contributed by atoms with E-state index >= 15 is 0 Å². The summed E-state index contributed by atoms with van der Waals surface area (Å²) < 4.78 is 49.2. The number of halogens is 3. The summed E-state index contributed by atoms with van der Waals surface area (Å²) in [6.45, 7) is -0.464. The van der Waals surface area contributed by atoms with Crippen LogP contribution in [-0.4, -0.2) is 70.2 Å². The number of anilines is 1. The van der Waals surface area contributed by atoms with E-state index in [1.54, 1.807) is 12.1 Å². The highest BCUT2D eigenvalue weighted by atomic mass is 35.5. The highest BCUT2D eigenvalue weighted by Crippen LogP contribution is 2.55. The molecule has 1 aliphatic heterocycles. The number of aromatic nitrogens is 4. The molecule has 18 heteroatoms. The van der Waals surface area contributed by atoms with Crippen molar-refractivity contribution in [3.8, 4) is 0 Å². The van der Waals surface area contributed by atoms with Gasteiger partial charge in [0.15, 0.2) is 35.3 Å². The summed E-state index contributed by atoms with van der Waals surface area (Å²) in [5.74, 6) is -1.18. The van der Waals surface area contributed by atoms with E-state index in [9.17, 15) is 23.5 Å². The van der Waals surface area contributed by atoms with E-state index in [4.69, 9.17) is 37.7 Å². The number of nitrogens with one attached hydrogen (secondary N) is 1. The average molecular weight is 586 g/mol. The molecule has 1 fully saturated rings. The van der Waals surface area contributed by atoms with Crippen molar-refractivity contribution in [2.75, 3.05) is 17.8 Å². The van der Waals surface area contributed by atoms with E-state index < -0.39 is 52.3 Å². The summed E-state index contributed by atoms with van der Waals surface area (Å²) in [7, 11) is -9.59. The second kappa shape index (κ2) is 10.6. The number of benzene rings is 1. The van der Waals surface area contributed by atoms with E-state index in [0.717, 1.165) is 5.56 Å². The van der Waals surface area contributed by atoms with Crippen LogP contribution in [0, 0.1) is 0 Å². The molecule has 0 bridgehead atoms. The number of rotatable bonds is 9. The van der Waals surface area contributed by atoms with Gasteiger partial charge in [-0.2, -0.15) is 9.97 Å². The molecule has 36 heavy (non-hydrogen) atoms. The molecule has 1 aliphatic rings. The molecule has 0 spiro atoms. The molecule has 0 saturated carbocycles. The Labute approximate surface area is 212 Å². The van der Waals surface area contributed by atoms with Crippen LogP contribution >= 0.6 is 38.4 Å². The van der Waals surface area contributed by atoms with Crippen molar-refractivity contribution in [3.05, 3.63) is 46.5 Å². The molecule has 2 aromatic heterocycles. The van der Waals surface area contributed by atoms with Crippen molar-refractivity contribution in [2.24, 2.45) is 0 Å². The van der Waals surface area contributed by atoms with Gasteiger partial charge < -0.3 is 34.4 Å². The maximum absolute atomic E-state index is 15.0. The summed E-state index contributed by atoms with van der Waals surface area (Å²) in [5, 5.41) is 13.7. The molecule has 0 amide bonds. The molecule has 0 aliphatic carbocycles. The number of ether oxygens (including phenoxy) is 1. The largest absolute Gasteiger partial charge is 0.387 e. The van der Waals surface area contributed by atoms with Gasteiger partial charge in [0.05, 0.1) is 12.9 Å². The zero-order valence-corrected chi connectivity index (χ0v) is 21.4. The molecular weight excluding hydrogens is 566 g/mol. The smallest absolute Gasteiger partial charge is 0.340 e. The van der Waals surface area contributed by atoms with Crippen molar-refractivity contribution in [1.29, 1.82) is 0 Å². The molecule has 5 atom stereocenters. The van der Waals surface area contributed by atoms with Crippen LogP contribution in [0.4, 0.5) is 10.2 Å². The minimum atomic E-state index is -4.86. The minimum absolute atomic E-state index is 0.0874. The summed E-state index contributed by atoms with van der Waals surface area (Å²) >= 11 is 12.0. The first-order valence-corrected chi connectivity index (χ1v) is 14.5. The normalized spacial score (nSPS) is 24.2. The number of aliphatic hydroxyl groups excluding tert-OH is 1. The van der Waals surface area contributed by atoms with Gasteiger partial charge in [-0.25, -0.2) is 9.37 Å². The van der Waals surface area contributed by atoms with Crippen LogP contribution in [0.15, 0.2) is 30.6 Å². The van der Waals surface area contributed by atoms with Crippen LogP contribution in [-0.2, 0) is 24.9 Å². The Morgan fingerprint density at radius 1 is 1.17 bits per heavy atom. The fraction of sp³-hybridized carbons (Fsp3) is 0.389. The zero-order valence-electron chi connectivity index (χ0n) is 18.1. The first kappa shape index (κ1) is 27.3. The quantitative estimate of drug-likeness (QED) is 0.182. The maximum Gasteiger partial charge on any atom is 0.340 e. The van der Waals surface area contributed by atoms with Crippen LogP contribution in [0.25, 0.3) is 11.2 Å². The molecule has 5 N–H and O–H groups in total. The molecule has 1 saturated heterocycles. The average Bonchev–Trinajstić information content (AvgIpc) is 3.31. The van der Waals surface area contributed by atoms with Gasteiger partial charge in [0.2, 0.25) is 5.28 Å². The van der Waals surface area contributed by atoms with E-state index in [0.29, 0.717) is 11.6 Å². The summed E-state index contributed by atoms with van der Waals surface area (Å²) in [4.78, 5) is 39.8. The fourth-order valence-corrected chi connectivity index (χ4v) is 6.38. The third-order valence-corrected chi connectivity index (χ3v) is 9.02. The third-order valence-electron chi connectivity index (χ3n) is 5.14. The van der Waals surface area contributed by atoms with Crippen molar-refractivity contribution in [1.82, 2.24) is 19.5 Å². The van der Waals surface area contributed by atoms with Gasteiger partial charge in [-0.05, 0) is 29.3 Å². The first-order valence-electron chi connectivity index (χ1n) is 10.2. The molecular formula is C18H20Cl2FN5O8P2. The number of hydrogen-bond donors (Lipinski definition) is 5. The maximum atomic E-state index is 15.0. The Bertz CT molecular complexity index is 1340. The van der Waals surface area contributed by atoms with Crippen LogP contribution in [0.3, 0.4) is 0 Å². The van der Waals surface area contributed by atoms with E-state index in [2.05, 4.69) is 24.8 Å². The van der Waals surface area contributed by atoms with Crippen molar-refractivity contribution >= 4 is 55.4 Å². The number of imidazole rings is 1. The second-order valence-corrected chi connectivity index (χ2v) is 12.7. The third kappa shape index (κ3) is 6.40. The molecule has 3 aromatic rings. The SMILES string of the molecule is O=P(O)(O)CP(=O)(O)OC[C@H]1O[C@@H](n2cnc3c(NCc4ccc(Cl)cc4)nc(Cl)nc32)[C@@H](F)[C@@H]1O. The second-order valence-electron chi connectivity index (χ2n) is 7.88. The zero-order chi connectivity index (χ0) is 26.3. The predicted octanol–water partition coefficient (Wildman–Crippen LogP) is 2.68. The number of hydrogen-bond acceptors (Lipinski definition) is 9. The Hall–Kier alpha value is -1.70. The van der Waals surface area contributed by atoms with Gasteiger partial charge in [-0.1, -0.05) is 23.7 Å². The van der Waals surface area contributed by atoms with Gasteiger partial charge >= 0.3 is 15.2 Å². The lowest BCUT2D eigenvalue weighted by Gasteiger charge is -2.18. The van der Waals surface area contributed by atoms with Crippen molar-refractivity contribution in [2.45, 2.75) is 31.2 Å². The highest BCUT2D eigenvalue weighted by molar-refractivity contribution is 7.70. The van der Waals surface area contributed by atoms with Crippen molar-refractivity contribution in [3.63, 3.8) is 0 Å². The van der Waals surface area contributed by atoms with Gasteiger partial charge in [-0.3, -0.25) is 13.7 Å². The van der Waals surface area contributed by atoms with Crippen LogP contribution in [0.1, 0.15) is 11.8 Å². The Kier molecular flexibility index (Phi) is 8.04. The Morgan fingerprint density at radius 3 is 2.53 bits per heavy atom. The Balaban J connectivity index is 1.52. The van der Waals surface area contributed by atoms with Gasteiger partial charge in [-0.15, -0.1) is 0 Å². The molecule has 1 aromatic carbocycles. The van der Waals surface area contributed by atoms with Gasteiger partial charge in [0.25, 0.3) is 0 Å². The minimum Gasteiger partial charge on any atom is -0.387 e. The van der Waals surface area contributed by atoms with E-state index in [1.807, 2.05) is 12.1 Å². The van der Waals surface area contributed by atoms with Crippen molar-refractivity contribution < 1.29 is 42.6 Å². The summed E-state index contributed by atoms with van der Waals surface area (Å²) in [6, 6.07) is 7.06. The topological polar surface area (TPSA) is 189 Å². The van der Waals surface area contributed by atoms with E-state index in [1.165, 1.54) is 10.9 Å². The number of fused-ring (bicyclic) bond motifs is 1. The fourth-order valence-electron chi connectivity index (χ4n) is 3.52. The summed E-state index contributed by atoms with van der Waals surface area (Å²) in [6.07, 6.45) is -5.51. The molecule has 13 nitrogen and oxygen atoms in total. The highest BCUT2D eigenvalue weighted by Gasteiger charge is 2.47. The first-order chi connectivity index (χ1) is 16.8. The molecule has 196 valence electrons. The lowest BCUT2D eigenvalue weighted by atomic mass is 10.1. The lowest BCUT2D eigenvalue weighted by Crippen LogP contribution is -2.31. The lowest BCUT2D eigenvalue weighted by molar-refractivity contribution is -0.0425. The standard InChI is InChI=1S/C18H20Cl2FN5O8P2/c19-10-3-1-9(2-4-10)5-22-15-13-16(25-18(20)24-15)26(7-23-13)17-12(21)14(27)11(34-17)6-33-36(31,32)8-35(28,29)30/h1-4,7,11-12,14,17,27H,5-6,8H2,(H,31,32)(H,22,24,25)(H2,28,29,30)/t11-,12+,14-,17-/m1/s1. The molecule has 3 heterocycles. The Morgan fingerprint density at radius 2 is 1.86 bits per heavy atom.